The molecule has 2 rings (SSSR count). The quantitative estimate of drug-likeness (QED) is 0.785. The van der Waals surface area contributed by atoms with E-state index in [1.165, 1.54) is 0 Å². The molecular weight excluding hydrogens is 258 g/mol. The van der Waals surface area contributed by atoms with E-state index >= 15 is 0 Å². The van der Waals surface area contributed by atoms with Gasteiger partial charge in [-0.15, -0.1) is 0 Å². The van der Waals surface area contributed by atoms with Crippen molar-refractivity contribution in [1.29, 1.82) is 0 Å². The summed E-state index contributed by atoms with van der Waals surface area (Å²) in [5.74, 6) is 0.830. The molecule has 1 N–H and O–H groups in total. The average Bonchev–Trinajstić information content (AvgIpc) is 2.98. The van der Waals surface area contributed by atoms with Gasteiger partial charge < -0.3 is 9.15 Å². The first-order valence-electron chi connectivity index (χ1n) is 6.45. The van der Waals surface area contributed by atoms with Crippen molar-refractivity contribution in [2.45, 2.75) is 19.3 Å². The van der Waals surface area contributed by atoms with Gasteiger partial charge in [0.2, 0.25) is 11.9 Å². The predicted molar refractivity (Wildman–Crippen MR) is 74.1 cm³/mol. The highest BCUT2D eigenvalue weighted by Gasteiger charge is 2.07. The third-order valence-corrected chi connectivity index (χ3v) is 2.68. The lowest BCUT2D eigenvalue weighted by Gasteiger charge is -2.04. The molecule has 0 saturated heterocycles. The van der Waals surface area contributed by atoms with Crippen molar-refractivity contribution in [2.24, 2.45) is 0 Å². The van der Waals surface area contributed by atoms with Gasteiger partial charge in [0.05, 0.1) is 6.26 Å². The van der Waals surface area contributed by atoms with Crippen LogP contribution in [0.25, 0.3) is 11.5 Å². The van der Waals surface area contributed by atoms with Crippen molar-refractivity contribution >= 4 is 11.9 Å². The zero-order chi connectivity index (χ0) is 14.2. The van der Waals surface area contributed by atoms with E-state index in [1.54, 1.807) is 37.8 Å². The van der Waals surface area contributed by atoms with Crippen molar-refractivity contribution in [3.8, 4) is 11.5 Å². The summed E-state index contributed by atoms with van der Waals surface area (Å²) in [7, 11) is 1.65. The minimum Gasteiger partial charge on any atom is -0.463 e. The summed E-state index contributed by atoms with van der Waals surface area (Å²) in [6.07, 6.45) is 5.23. The van der Waals surface area contributed by atoms with Gasteiger partial charge in [-0.05, 0) is 31.0 Å². The molecule has 20 heavy (non-hydrogen) atoms. The molecule has 2 heterocycles. The fourth-order valence-corrected chi connectivity index (χ4v) is 1.70. The molecule has 0 radical (unpaired) electrons. The summed E-state index contributed by atoms with van der Waals surface area (Å²) in [6.45, 7) is 0.664. The molecule has 0 aromatic carbocycles. The maximum atomic E-state index is 11.7. The number of anilines is 1. The first kappa shape index (κ1) is 14.2. The Morgan fingerprint density at radius 3 is 3.05 bits per heavy atom. The lowest BCUT2D eigenvalue weighted by atomic mass is 10.2. The third-order valence-electron chi connectivity index (χ3n) is 2.68. The van der Waals surface area contributed by atoms with Crippen molar-refractivity contribution in [2.75, 3.05) is 19.0 Å². The van der Waals surface area contributed by atoms with E-state index < -0.39 is 0 Å². The molecule has 1 amide bonds. The Hall–Kier alpha value is -2.21. The number of unbranched alkanes of at least 4 members (excludes halogenated alkanes) is 1. The van der Waals surface area contributed by atoms with Crippen LogP contribution in [0.5, 0.6) is 0 Å². The Balaban J connectivity index is 1.90. The molecule has 0 spiro atoms. The van der Waals surface area contributed by atoms with Crippen LogP contribution in [0.1, 0.15) is 19.3 Å². The normalized spacial score (nSPS) is 10.4. The van der Waals surface area contributed by atoms with Gasteiger partial charge in [-0.2, -0.15) is 0 Å². The molecule has 2 aromatic rings. The van der Waals surface area contributed by atoms with Crippen LogP contribution in [0.2, 0.25) is 0 Å². The lowest BCUT2D eigenvalue weighted by molar-refractivity contribution is -0.116. The molecule has 106 valence electrons. The van der Waals surface area contributed by atoms with Crippen LogP contribution in [-0.4, -0.2) is 29.6 Å². The van der Waals surface area contributed by atoms with Crippen LogP contribution in [0.15, 0.2) is 35.1 Å². The Bertz CT molecular complexity index is 540. The van der Waals surface area contributed by atoms with Crippen LogP contribution in [0.4, 0.5) is 5.95 Å². The van der Waals surface area contributed by atoms with E-state index in [0.29, 0.717) is 24.5 Å². The Morgan fingerprint density at radius 1 is 1.40 bits per heavy atom. The summed E-state index contributed by atoms with van der Waals surface area (Å²) < 4.78 is 10.2. The van der Waals surface area contributed by atoms with Gasteiger partial charge in [0, 0.05) is 26.3 Å². The molecule has 0 aliphatic rings. The summed E-state index contributed by atoms with van der Waals surface area (Å²) in [5, 5.41) is 2.68. The second-order valence-corrected chi connectivity index (χ2v) is 4.24. The van der Waals surface area contributed by atoms with Crippen molar-refractivity contribution in [3.05, 3.63) is 30.7 Å². The summed E-state index contributed by atoms with van der Waals surface area (Å²) >= 11 is 0. The van der Waals surface area contributed by atoms with Crippen LogP contribution in [-0.2, 0) is 9.53 Å². The Morgan fingerprint density at radius 2 is 2.30 bits per heavy atom. The number of aromatic nitrogens is 2. The van der Waals surface area contributed by atoms with E-state index in [4.69, 9.17) is 9.15 Å². The van der Waals surface area contributed by atoms with Gasteiger partial charge in [0.15, 0.2) is 5.76 Å². The average molecular weight is 275 g/mol. The van der Waals surface area contributed by atoms with Gasteiger partial charge >= 0.3 is 0 Å². The SMILES string of the molecule is COCCCCC(=O)Nc1nccc(-c2ccco2)n1. The summed E-state index contributed by atoms with van der Waals surface area (Å²) in [4.78, 5) is 20.0. The number of carbonyl (C=O) groups is 1. The number of carbonyl (C=O) groups excluding carboxylic acids is 1. The van der Waals surface area contributed by atoms with Gasteiger partial charge in [-0.25, -0.2) is 9.97 Å². The molecule has 0 saturated carbocycles. The van der Waals surface area contributed by atoms with Crippen molar-refractivity contribution in [3.63, 3.8) is 0 Å². The first-order chi connectivity index (χ1) is 9.79. The summed E-state index contributed by atoms with van der Waals surface area (Å²) in [5.41, 5.74) is 0.639. The minimum atomic E-state index is -0.0994. The van der Waals surface area contributed by atoms with Crippen molar-refractivity contribution < 1.29 is 13.9 Å². The van der Waals surface area contributed by atoms with Crippen LogP contribution >= 0.6 is 0 Å². The van der Waals surface area contributed by atoms with E-state index in [9.17, 15) is 4.79 Å². The molecule has 0 fully saturated rings. The zero-order valence-electron chi connectivity index (χ0n) is 11.3. The minimum absolute atomic E-state index is 0.0994. The van der Waals surface area contributed by atoms with E-state index in [-0.39, 0.29) is 11.9 Å². The fourth-order valence-electron chi connectivity index (χ4n) is 1.70. The highest BCUT2D eigenvalue weighted by molar-refractivity contribution is 5.89. The van der Waals surface area contributed by atoms with Gasteiger partial charge in [-0.3, -0.25) is 10.1 Å². The maximum Gasteiger partial charge on any atom is 0.230 e. The van der Waals surface area contributed by atoms with Gasteiger partial charge in [0.1, 0.15) is 5.69 Å². The molecule has 0 aliphatic heterocycles. The Labute approximate surface area is 117 Å². The number of rotatable bonds is 7. The molecule has 0 bridgehead atoms. The first-order valence-corrected chi connectivity index (χ1v) is 6.45. The maximum absolute atomic E-state index is 11.7. The highest BCUT2D eigenvalue weighted by atomic mass is 16.5. The smallest absolute Gasteiger partial charge is 0.230 e. The standard InChI is InChI=1S/C14H17N3O3/c1-19-9-3-2-6-13(18)17-14-15-8-7-11(16-14)12-5-4-10-20-12/h4-5,7-8,10H,2-3,6,9H2,1H3,(H,15,16,17,18). The number of nitrogens with one attached hydrogen (secondary N) is 1. The molecule has 2 aromatic heterocycles. The molecule has 0 atom stereocenters. The second-order valence-electron chi connectivity index (χ2n) is 4.24. The monoisotopic (exact) mass is 275 g/mol. The number of hydrogen-bond donors (Lipinski definition) is 1. The molecule has 6 nitrogen and oxygen atoms in total. The molecule has 0 aliphatic carbocycles. The summed E-state index contributed by atoms with van der Waals surface area (Å²) in [6, 6.07) is 5.32. The van der Waals surface area contributed by atoms with Gasteiger partial charge in [0.25, 0.3) is 0 Å². The van der Waals surface area contributed by atoms with Crippen molar-refractivity contribution in [1.82, 2.24) is 9.97 Å². The number of hydrogen-bond acceptors (Lipinski definition) is 5. The van der Waals surface area contributed by atoms with Crippen LogP contribution in [0, 0.1) is 0 Å². The highest BCUT2D eigenvalue weighted by Crippen LogP contribution is 2.17. The molecule has 6 heteroatoms. The fraction of sp³-hybridized carbons (Fsp3) is 0.357. The number of ether oxygens (including phenoxy) is 1. The second kappa shape index (κ2) is 7.40. The molecule has 0 unspecified atom stereocenters. The number of furan rings is 1. The molecular formula is C14H17N3O3. The van der Waals surface area contributed by atoms with Crippen LogP contribution < -0.4 is 5.32 Å². The predicted octanol–water partition coefficient (Wildman–Crippen LogP) is 2.49. The largest absolute Gasteiger partial charge is 0.463 e. The number of methoxy groups -OCH3 is 1. The van der Waals surface area contributed by atoms with E-state index in [2.05, 4.69) is 15.3 Å². The third kappa shape index (κ3) is 4.17. The number of amides is 1. The van der Waals surface area contributed by atoms with Gasteiger partial charge in [-0.1, -0.05) is 0 Å². The Kier molecular flexibility index (Phi) is 5.25. The number of nitrogens with zero attached hydrogens (tertiary/aromatic N) is 2. The van der Waals surface area contributed by atoms with E-state index in [1.807, 2.05) is 0 Å². The van der Waals surface area contributed by atoms with Crippen LogP contribution in [0.3, 0.4) is 0 Å². The lowest BCUT2D eigenvalue weighted by Crippen LogP contribution is -2.13. The topological polar surface area (TPSA) is 77.2 Å². The van der Waals surface area contributed by atoms with E-state index in [0.717, 1.165) is 12.8 Å². The zero-order valence-corrected chi connectivity index (χ0v) is 11.3.